The van der Waals surface area contributed by atoms with Crippen molar-refractivity contribution in [3.05, 3.63) is 75.7 Å². The molecule has 36 heavy (non-hydrogen) atoms. The van der Waals surface area contributed by atoms with Crippen molar-refractivity contribution in [2.45, 2.75) is 13.3 Å². The maximum Gasteiger partial charge on any atom is 0.414 e. The van der Waals surface area contributed by atoms with Gasteiger partial charge < -0.3 is 19.4 Å². The van der Waals surface area contributed by atoms with E-state index in [1.165, 1.54) is 24.1 Å². The molecule has 11 heteroatoms. The Morgan fingerprint density at radius 3 is 2.56 bits per heavy atom. The fourth-order valence-electron chi connectivity index (χ4n) is 3.48. The molecular weight excluding hydrogens is 486 g/mol. The van der Waals surface area contributed by atoms with E-state index in [4.69, 9.17) is 9.15 Å². The third-order valence-electron chi connectivity index (χ3n) is 5.38. The number of hydrogen-bond acceptors (Lipinski definition) is 7. The second-order valence-corrected chi connectivity index (χ2v) is 9.98. The molecule has 3 aromatic rings. The summed E-state index contributed by atoms with van der Waals surface area (Å²) in [6.45, 7) is 5.55. The lowest BCUT2D eigenvalue weighted by atomic mass is 9.98. The molecule has 0 spiro atoms. The van der Waals surface area contributed by atoms with E-state index in [0.717, 1.165) is 0 Å². The number of rotatable bonds is 8. The van der Waals surface area contributed by atoms with Gasteiger partial charge in [-0.25, -0.2) is 18.0 Å². The molecule has 0 bridgehead atoms. The van der Waals surface area contributed by atoms with Gasteiger partial charge in [0.05, 0.1) is 0 Å². The number of amides is 2. The highest BCUT2D eigenvalue weighted by Crippen LogP contribution is 2.30. The first-order valence-electron chi connectivity index (χ1n) is 10.9. The van der Waals surface area contributed by atoms with Crippen LogP contribution in [-0.4, -0.2) is 52.2 Å². The summed E-state index contributed by atoms with van der Waals surface area (Å²) in [6, 6.07) is 9.74. The molecule has 0 radical (unpaired) electrons. The van der Waals surface area contributed by atoms with Gasteiger partial charge in [-0.1, -0.05) is 24.8 Å². The van der Waals surface area contributed by atoms with Crippen LogP contribution in [0.3, 0.4) is 0 Å². The zero-order valence-corrected chi connectivity index (χ0v) is 21.2. The van der Waals surface area contributed by atoms with Crippen molar-refractivity contribution in [2.75, 3.05) is 31.6 Å². The molecule has 1 heterocycles. The van der Waals surface area contributed by atoms with Crippen molar-refractivity contribution < 1.29 is 27.2 Å². The summed E-state index contributed by atoms with van der Waals surface area (Å²) in [4.78, 5) is 37.6. The Kier molecular flexibility index (Phi) is 7.83. The molecule has 1 aromatic heterocycles. The van der Waals surface area contributed by atoms with E-state index >= 15 is 0 Å². The predicted molar refractivity (Wildman–Crippen MR) is 138 cm³/mol. The van der Waals surface area contributed by atoms with Gasteiger partial charge in [-0.05, 0) is 36.2 Å². The zero-order valence-electron chi connectivity index (χ0n) is 20.4. The third kappa shape index (κ3) is 6.11. The van der Waals surface area contributed by atoms with E-state index in [-0.39, 0.29) is 23.4 Å². The SMILES string of the molecule is C=Cc1cc2c(C)c(Cc3cccc(NS(=O)(=O)CC(=O)NC)c3)c(=O)oc2cc1OC(=O)N(C)C. The minimum Gasteiger partial charge on any atom is -0.422 e. The average Bonchev–Trinajstić information content (AvgIpc) is 2.81. The number of carbonyl (C=O) groups is 2. The molecule has 3 rings (SSSR count). The van der Waals surface area contributed by atoms with E-state index in [0.29, 0.717) is 27.6 Å². The van der Waals surface area contributed by atoms with Crippen LogP contribution in [0.4, 0.5) is 10.5 Å². The molecule has 10 nitrogen and oxygen atoms in total. The quantitative estimate of drug-likeness (QED) is 0.442. The van der Waals surface area contributed by atoms with Crippen LogP contribution in [0.5, 0.6) is 5.75 Å². The Balaban J connectivity index is 1.96. The number of nitrogens with one attached hydrogen (secondary N) is 2. The molecule has 0 saturated carbocycles. The number of sulfonamides is 1. The summed E-state index contributed by atoms with van der Waals surface area (Å²) in [6.07, 6.45) is 1.13. The van der Waals surface area contributed by atoms with E-state index in [1.54, 1.807) is 51.4 Å². The van der Waals surface area contributed by atoms with Crippen LogP contribution in [0, 0.1) is 6.92 Å². The molecule has 0 aliphatic rings. The van der Waals surface area contributed by atoms with Gasteiger partial charge >= 0.3 is 11.7 Å². The summed E-state index contributed by atoms with van der Waals surface area (Å²) in [5.74, 6) is -1.14. The smallest absolute Gasteiger partial charge is 0.414 e. The molecule has 0 unspecified atom stereocenters. The van der Waals surface area contributed by atoms with Crippen molar-refractivity contribution in [2.24, 2.45) is 0 Å². The first-order chi connectivity index (χ1) is 16.9. The zero-order chi connectivity index (χ0) is 26.6. The standard InChI is InChI=1S/C25H27N3O7S/c1-6-17-12-19-15(2)20(24(30)34-22(19)13-21(17)35-25(31)28(4)5)11-16-8-7-9-18(10-16)27-36(32,33)14-23(29)26-3/h6-10,12-13,27H,1,11,14H2,2-5H3,(H,26,29). The fourth-order valence-corrected chi connectivity index (χ4v) is 4.53. The predicted octanol–water partition coefficient (Wildman–Crippen LogP) is 2.88. The topological polar surface area (TPSA) is 135 Å². The number of carbonyl (C=O) groups excluding carboxylic acids is 2. The number of hydrogen-bond donors (Lipinski definition) is 2. The maximum atomic E-state index is 12.9. The number of benzene rings is 2. The molecule has 0 saturated heterocycles. The highest BCUT2D eigenvalue weighted by atomic mass is 32.2. The lowest BCUT2D eigenvalue weighted by molar-refractivity contribution is -0.118. The van der Waals surface area contributed by atoms with Crippen molar-refractivity contribution in [1.29, 1.82) is 0 Å². The van der Waals surface area contributed by atoms with Gasteiger partial charge in [-0.15, -0.1) is 0 Å². The highest BCUT2D eigenvalue weighted by Gasteiger charge is 2.18. The highest BCUT2D eigenvalue weighted by molar-refractivity contribution is 7.93. The number of aryl methyl sites for hydroxylation is 1. The second kappa shape index (κ2) is 10.6. The molecule has 2 N–H and O–H groups in total. The fraction of sp³-hybridized carbons (Fsp3) is 0.240. The first kappa shape index (κ1) is 26.5. The molecule has 0 aliphatic heterocycles. The van der Waals surface area contributed by atoms with E-state index < -0.39 is 33.4 Å². The second-order valence-electron chi connectivity index (χ2n) is 8.26. The van der Waals surface area contributed by atoms with Crippen molar-refractivity contribution in [1.82, 2.24) is 10.2 Å². The average molecular weight is 514 g/mol. The lowest BCUT2D eigenvalue weighted by Gasteiger charge is -2.14. The Morgan fingerprint density at radius 2 is 1.92 bits per heavy atom. The number of fused-ring (bicyclic) bond motifs is 1. The van der Waals surface area contributed by atoms with Crippen molar-refractivity contribution in [3.63, 3.8) is 0 Å². The Morgan fingerprint density at radius 1 is 1.19 bits per heavy atom. The van der Waals surface area contributed by atoms with Gasteiger partial charge in [0.1, 0.15) is 17.1 Å². The van der Waals surface area contributed by atoms with Crippen molar-refractivity contribution in [3.8, 4) is 5.75 Å². The maximum absolute atomic E-state index is 12.9. The minimum atomic E-state index is -3.90. The largest absolute Gasteiger partial charge is 0.422 e. The lowest BCUT2D eigenvalue weighted by Crippen LogP contribution is -2.30. The summed E-state index contributed by atoms with van der Waals surface area (Å²) in [7, 11) is 0.557. The number of anilines is 1. The molecule has 0 aliphatic carbocycles. The molecule has 0 atom stereocenters. The normalized spacial score (nSPS) is 11.1. The van der Waals surface area contributed by atoms with Gasteiger partial charge in [0, 0.05) is 55.8 Å². The summed E-state index contributed by atoms with van der Waals surface area (Å²) >= 11 is 0. The van der Waals surface area contributed by atoms with Crippen LogP contribution in [0.15, 0.2) is 52.2 Å². The van der Waals surface area contributed by atoms with Crippen LogP contribution in [0.2, 0.25) is 0 Å². The van der Waals surface area contributed by atoms with Gasteiger partial charge in [-0.3, -0.25) is 9.52 Å². The number of nitrogens with zero attached hydrogens (tertiary/aromatic N) is 1. The molecule has 2 aromatic carbocycles. The summed E-state index contributed by atoms with van der Waals surface area (Å²) in [5, 5.41) is 2.91. The Labute approximate surface area is 208 Å². The van der Waals surface area contributed by atoms with Crippen LogP contribution < -0.4 is 20.4 Å². The summed E-state index contributed by atoms with van der Waals surface area (Å²) in [5.41, 5.74) is 2.21. The molecule has 0 fully saturated rings. The third-order valence-corrected chi connectivity index (χ3v) is 6.57. The molecule has 2 amide bonds. The van der Waals surface area contributed by atoms with E-state index in [1.807, 2.05) is 0 Å². The van der Waals surface area contributed by atoms with Crippen molar-refractivity contribution >= 4 is 44.8 Å². The molecular formula is C25H27N3O7S. The van der Waals surface area contributed by atoms with Gasteiger partial charge in [0.15, 0.2) is 0 Å². The minimum absolute atomic E-state index is 0.176. The van der Waals surface area contributed by atoms with Crippen LogP contribution in [0.1, 0.15) is 22.3 Å². The number of ether oxygens (including phenoxy) is 1. The Bertz CT molecular complexity index is 1510. The van der Waals surface area contributed by atoms with E-state index in [9.17, 15) is 22.8 Å². The van der Waals surface area contributed by atoms with Gasteiger partial charge in [0.2, 0.25) is 15.9 Å². The van der Waals surface area contributed by atoms with Crippen LogP contribution in [-0.2, 0) is 21.2 Å². The first-order valence-corrected chi connectivity index (χ1v) is 12.5. The van der Waals surface area contributed by atoms with E-state index in [2.05, 4.69) is 16.6 Å². The van der Waals surface area contributed by atoms with Crippen LogP contribution in [0.25, 0.3) is 17.0 Å². The monoisotopic (exact) mass is 513 g/mol. The van der Waals surface area contributed by atoms with Crippen LogP contribution >= 0.6 is 0 Å². The van der Waals surface area contributed by atoms with Gasteiger partial charge in [0.25, 0.3) is 0 Å². The molecule has 190 valence electrons. The summed E-state index contributed by atoms with van der Waals surface area (Å²) < 4.78 is 37.7. The van der Waals surface area contributed by atoms with Gasteiger partial charge in [-0.2, -0.15) is 0 Å². The Hall–Kier alpha value is -4.12.